The summed E-state index contributed by atoms with van der Waals surface area (Å²) < 4.78 is 11.2. The van der Waals surface area contributed by atoms with Crippen LogP contribution in [0.2, 0.25) is 0 Å². The Morgan fingerprint density at radius 2 is 0.826 bits per heavy atom. The van der Waals surface area contributed by atoms with E-state index < -0.39 is 49.5 Å². The first kappa shape index (κ1) is 65.4. The Kier molecular flexibility index (Phi) is 47.4. The number of allylic oxidation sites excluding steroid dienone is 5. The predicted molar refractivity (Wildman–Crippen MR) is 290 cm³/mol. The van der Waals surface area contributed by atoms with E-state index in [1.54, 1.807) is 6.08 Å². The molecule has 0 aliphatic carbocycles. The molecule has 7 atom stereocenters. The lowest BCUT2D eigenvalue weighted by Crippen LogP contribution is -2.60. The number of hydrogen-bond donors (Lipinski definition) is 6. The van der Waals surface area contributed by atoms with Crippen molar-refractivity contribution in [1.29, 1.82) is 0 Å². The van der Waals surface area contributed by atoms with Crippen LogP contribution in [0.3, 0.4) is 0 Å². The summed E-state index contributed by atoms with van der Waals surface area (Å²) in [5.74, 6) is -0.193. The second-order valence-corrected chi connectivity index (χ2v) is 20.8. The number of carbonyl (C=O) groups excluding carboxylic acids is 1. The monoisotopic (exact) mass is 976 g/mol. The van der Waals surface area contributed by atoms with Crippen molar-refractivity contribution in [1.82, 2.24) is 5.32 Å². The lowest BCUT2D eigenvalue weighted by molar-refractivity contribution is -0.302. The van der Waals surface area contributed by atoms with Gasteiger partial charge in [-0.1, -0.05) is 256 Å². The minimum Gasteiger partial charge on any atom is -0.394 e. The zero-order valence-electron chi connectivity index (χ0n) is 45.1. The van der Waals surface area contributed by atoms with Gasteiger partial charge in [0.25, 0.3) is 0 Å². The standard InChI is InChI=1S/C60H113NO8/c1-3-5-7-9-11-13-15-17-19-20-21-22-23-24-25-26-27-28-29-30-31-32-33-34-36-37-39-41-43-45-47-49-54(63)53(52-68-60-59(67)58(66)57(65)55(51-62)69-60)61-56(64)50-48-46-44-42-40-38-35-18-16-14-12-10-8-6-4-2/h18,35,39,41,47,49,53-55,57-60,62-63,65-67H,3-17,19-34,36-38,40,42-46,48,50-52H2,1-2H3,(H,61,64)/b35-18-,41-39+,49-47+. The largest absolute Gasteiger partial charge is 0.394 e. The molecule has 0 bridgehead atoms. The molecular weight excluding hydrogens is 863 g/mol. The Hall–Kier alpha value is -1.59. The van der Waals surface area contributed by atoms with Crippen LogP contribution >= 0.6 is 0 Å². The Bertz CT molecular complexity index is 1180. The maximum atomic E-state index is 13.0. The SMILES string of the molecule is CCCCCCCC/C=C\CCCCCCCC(=O)NC(COC1OC(CO)C(O)C(O)C1O)C(O)/C=C/CC/C=C/CCCCCCCCCCCCCCCCCCCCCCCCCCC. The van der Waals surface area contributed by atoms with Gasteiger partial charge in [-0.2, -0.15) is 0 Å². The Morgan fingerprint density at radius 1 is 0.478 bits per heavy atom. The van der Waals surface area contributed by atoms with E-state index in [9.17, 15) is 30.3 Å². The zero-order chi connectivity index (χ0) is 50.1. The molecule has 1 saturated heterocycles. The smallest absolute Gasteiger partial charge is 0.220 e. The molecule has 9 heteroatoms. The molecule has 1 heterocycles. The number of carbonyl (C=O) groups is 1. The first-order valence-corrected chi connectivity index (χ1v) is 29.7. The summed E-state index contributed by atoms with van der Waals surface area (Å²) in [6.07, 6.45) is 58.1. The van der Waals surface area contributed by atoms with Gasteiger partial charge >= 0.3 is 0 Å². The lowest BCUT2D eigenvalue weighted by Gasteiger charge is -2.40. The number of ether oxygens (including phenoxy) is 2. The highest BCUT2D eigenvalue weighted by Crippen LogP contribution is 2.23. The molecule has 0 aromatic rings. The Balaban J connectivity index is 2.18. The van der Waals surface area contributed by atoms with Crippen molar-refractivity contribution in [2.75, 3.05) is 13.2 Å². The minimum atomic E-state index is -1.57. The molecule has 69 heavy (non-hydrogen) atoms. The van der Waals surface area contributed by atoms with Crippen molar-refractivity contribution in [2.45, 2.75) is 326 Å². The van der Waals surface area contributed by atoms with Gasteiger partial charge in [-0.3, -0.25) is 4.79 Å². The maximum Gasteiger partial charge on any atom is 0.220 e. The van der Waals surface area contributed by atoms with Crippen LogP contribution in [-0.2, 0) is 14.3 Å². The van der Waals surface area contributed by atoms with Crippen molar-refractivity contribution in [3.8, 4) is 0 Å². The molecule has 7 unspecified atom stereocenters. The molecule has 0 radical (unpaired) electrons. The number of amides is 1. The topological polar surface area (TPSA) is 149 Å². The molecule has 1 aliphatic heterocycles. The van der Waals surface area contributed by atoms with E-state index in [2.05, 4.69) is 43.5 Å². The van der Waals surface area contributed by atoms with Crippen molar-refractivity contribution >= 4 is 5.91 Å². The molecule has 0 aromatic carbocycles. The van der Waals surface area contributed by atoms with Crippen molar-refractivity contribution in [2.24, 2.45) is 0 Å². The van der Waals surface area contributed by atoms with Crippen molar-refractivity contribution < 1.29 is 39.8 Å². The van der Waals surface area contributed by atoms with E-state index in [0.717, 1.165) is 57.8 Å². The van der Waals surface area contributed by atoms with Gasteiger partial charge in [0.05, 0.1) is 25.4 Å². The number of unbranched alkanes of at least 4 members (excludes halogenated alkanes) is 37. The minimum absolute atomic E-state index is 0.193. The second kappa shape index (κ2) is 50.0. The fourth-order valence-electron chi connectivity index (χ4n) is 9.46. The van der Waals surface area contributed by atoms with Crippen molar-refractivity contribution in [3.05, 3.63) is 36.5 Å². The van der Waals surface area contributed by atoms with Crippen LogP contribution in [0.1, 0.15) is 284 Å². The summed E-state index contributed by atoms with van der Waals surface area (Å²) in [5.41, 5.74) is 0. The second-order valence-electron chi connectivity index (χ2n) is 20.8. The van der Waals surface area contributed by atoms with Gasteiger partial charge in [0.15, 0.2) is 6.29 Å². The summed E-state index contributed by atoms with van der Waals surface area (Å²) in [6.45, 7) is 3.78. The van der Waals surface area contributed by atoms with Gasteiger partial charge in [-0.15, -0.1) is 0 Å². The number of rotatable bonds is 51. The highest BCUT2D eigenvalue weighted by Gasteiger charge is 2.44. The molecule has 1 amide bonds. The highest BCUT2D eigenvalue weighted by molar-refractivity contribution is 5.76. The molecular formula is C60H113NO8. The van der Waals surface area contributed by atoms with Crippen molar-refractivity contribution in [3.63, 3.8) is 0 Å². The number of hydrogen-bond acceptors (Lipinski definition) is 8. The predicted octanol–water partition coefficient (Wildman–Crippen LogP) is 14.7. The zero-order valence-corrected chi connectivity index (χ0v) is 45.1. The molecule has 0 saturated carbocycles. The average Bonchev–Trinajstić information content (AvgIpc) is 3.35. The van der Waals surface area contributed by atoms with E-state index in [0.29, 0.717) is 6.42 Å². The van der Waals surface area contributed by atoms with Gasteiger partial charge < -0.3 is 40.3 Å². The van der Waals surface area contributed by atoms with E-state index in [1.807, 2.05) is 6.08 Å². The third kappa shape index (κ3) is 39.6. The number of aliphatic hydroxyl groups is 5. The van der Waals surface area contributed by atoms with E-state index in [1.165, 1.54) is 205 Å². The van der Waals surface area contributed by atoms with Crippen LogP contribution in [-0.4, -0.2) is 87.5 Å². The molecule has 0 spiro atoms. The summed E-state index contributed by atoms with van der Waals surface area (Å²) in [5, 5.41) is 54.4. The molecule has 1 aliphatic rings. The summed E-state index contributed by atoms with van der Waals surface area (Å²) >= 11 is 0. The Morgan fingerprint density at radius 3 is 1.22 bits per heavy atom. The first-order chi connectivity index (χ1) is 33.8. The number of nitrogens with one attached hydrogen (secondary N) is 1. The van der Waals surface area contributed by atoms with Crippen LogP contribution in [0.25, 0.3) is 0 Å². The molecule has 6 N–H and O–H groups in total. The third-order valence-electron chi connectivity index (χ3n) is 14.2. The molecule has 1 fully saturated rings. The maximum absolute atomic E-state index is 13.0. The van der Waals surface area contributed by atoms with Gasteiger partial charge in [0.1, 0.15) is 24.4 Å². The van der Waals surface area contributed by atoms with Crippen LogP contribution in [0.5, 0.6) is 0 Å². The number of aliphatic hydroxyl groups excluding tert-OH is 5. The quantitative estimate of drug-likeness (QED) is 0.0261. The van der Waals surface area contributed by atoms with Gasteiger partial charge in [-0.05, 0) is 57.8 Å². The molecule has 1 rings (SSSR count). The molecule has 406 valence electrons. The first-order valence-electron chi connectivity index (χ1n) is 29.7. The molecule has 0 aromatic heterocycles. The normalized spacial score (nSPS) is 19.7. The summed E-state index contributed by atoms with van der Waals surface area (Å²) in [6, 6.07) is -0.826. The van der Waals surface area contributed by atoms with E-state index in [-0.39, 0.29) is 12.5 Å². The third-order valence-corrected chi connectivity index (χ3v) is 14.2. The highest BCUT2D eigenvalue weighted by atomic mass is 16.7. The fraction of sp³-hybridized carbons (Fsp3) is 0.883. The van der Waals surface area contributed by atoms with Gasteiger partial charge in [-0.25, -0.2) is 0 Å². The lowest BCUT2D eigenvalue weighted by atomic mass is 9.99. The van der Waals surface area contributed by atoms with Crippen LogP contribution in [0.15, 0.2) is 36.5 Å². The summed E-state index contributed by atoms with van der Waals surface area (Å²) in [7, 11) is 0. The van der Waals surface area contributed by atoms with E-state index in [4.69, 9.17) is 9.47 Å². The van der Waals surface area contributed by atoms with E-state index >= 15 is 0 Å². The average molecular weight is 977 g/mol. The van der Waals surface area contributed by atoms with Crippen LogP contribution in [0.4, 0.5) is 0 Å². The van der Waals surface area contributed by atoms with Gasteiger partial charge in [0, 0.05) is 6.42 Å². The summed E-state index contributed by atoms with van der Waals surface area (Å²) in [4.78, 5) is 13.0. The fourth-order valence-corrected chi connectivity index (χ4v) is 9.46. The van der Waals surface area contributed by atoms with Crippen LogP contribution in [0, 0.1) is 0 Å². The molecule has 9 nitrogen and oxygen atoms in total. The van der Waals surface area contributed by atoms with Crippen LogP contribution < -0.4 is 5.32 Å². The Labute approximate surface area is 425 Å². The van der Waals surface area contributed by atoms with Gasteiger partial charge in [0.2, 0.25) is 5.91 Å².